The maximum Gasteiger partial charge on any atom is 0.194 e. The molecule has 1 aliphatic heterocycles. The van der Waals surface area contributed by atoms with Crippen molar-refractivity contribution in [3.63, 3.8) is 0 Å². The van der Waals surface area contributed by atoms with Gasteiger partial charge in [0.1, 0.15) is 0 Å². The second-order valence-electron chi connectivity index (χ2n) is 4.00. The Kier molecular flexibility index (Phi) is 3.03. The van der Waals surface area contributed by atoms with Gasteiger partial charge in [0.2, 0.25) is 0 Å². The van der Waals surface area contributed by atoms with E-state index in [-0.39, 0.29) is 23.2 Å². The third-order valence-corrected chi connectivity index (χ3v) is 4.35. The number of benzene rings is 1. The quantitative estimate of drug-likeness (QED) is 0.828. The van der Waals surface area contributed by atoms with Crippen molar-refractivity contribution < 1.29 is 21.6 Å². The lowest BCUT2D eigenvalue weighted by atomic mass is 10.2. The molecule has 7 heteroatoms. The van der Waals surface area contributed by atoms with E-state index < -0.39 is 27.3 Å². The molecular weight excluding hydrogens is 255 g/mol. The number of nitrogens with one attached hydrogen (secondary N) is 1. The van der Waals surface area contributed by atoms with Crippen LogP contribution in [0, 0.1) is 17.5 Å². The standard InChI is InChI=1S/C10H10F3NO2S/c11-8-3-7(4-9(12)10(8)13)14-6-1-2-17(15,16)5-6/h3-4,6,14H,1-2,5H2. The number of anilines is 1. The van der Waals surface area contributed by atoms with Crippen molar-refractivity contribution in [3.8, 4) is 0 Å². The first kappa shape index (κ1) is 12.2. The van der Waals surface area contributed by atoms with Gasteiger partial charge in [0.05, 0.1) is 11.5 Å². The fourth-order valence-electron chi connectivity index (χ4n) is 1.78. The van der Waals surface area contributed by atoms with Crippen molar-refractivity contribution >= 4 is 15.5 Å². The van der Waals surface area contributed by atoms with Gasteiger partial charge < -0.3 is 5.32 Å². The molecule has 0 saturated carbocycles. The molecule has 1 N–H and O–H groups in total. The summed E-state index contributed by atoms with van der Waals surface area (Å²) in [6.45, 7) is 0. The van der Waals surface area contributed by atoms with Gasteiger partial charge >= 0.3 is 0 Å². The van der Waals surface area contributed by atoms with Gasteiger partial charge in [0, 0.05) is 23.9 Å². The molecule has 17 heavy (non-hydrogen) atoms. The normalized spacial score (nSPS) is 22.6. The van der Waals surface area contributed by atoms with Crippen LogP contribution in [0.1, 0.15) is 6.42 Å². The summed E-state index contributed by atoms with van der Waals surface area (Å²) in [5.74, 6) is -4.15. The first-order valence-electron chi connectivity index (χ1n) is 4.99. The maximum absolute atomic E-state index is 12.9. The van der Waals surface area contributed by atoms with Crippen LogP contribution >= 0.6 is 0 Å². The molecule has 0 spiro atoms. The van der Waals surface area contributed by atoms with E-state index >= 15 is 0 Å². The van der Waals surface area contributed by atoms with Crippen molar-refractivity contribution in [1.29, 1.82) is 0 Å². The van der Waals surface area contributed by atoms with Gasteiger partial charge in [-0.3, -0.25) is 0 Å². The molecular formula is C10H10F3NO2S. The maximum atomic E-state index is 12.9. The summed E-state index contributed by atoms with van der Waals surface area (Å²) in [5.41, 5.74) is 0.0449. The molecule has 1 atom stereocenters. The highest BCUT2D eigenvalue weighted by molar-refractivity contribution is 7.91. The topological polar surface area (TPSA) is 46.2 Å². The fraction of sp³-hybridized carbons (Fsp3) is 0.400. The monoisotopic (exact) mass is 265 g/mol. The molecule has 1 fully saturated rings. The van der Waals surface area contributed by atoms with Crippen molar-refractivity contribution in [2.45, 2.75) is 12.5 Å². The molecule has 0 bridgehead atoms. The predicted octanol–water partition coefficient (Wildman–Crippen LogP) is 1.70. The zero-order valence-corrected chi connectivity index (χ0v) is 9.53. The van der Waals surface area contributed by atoms with E-state index in [2.05, 4.69) is 5.32 Å². The highest BCUT2D eigenvalue weighted by Gasteiger charge is 2.28. The molecule has 1 unspecified atom stereocenters. The minimum atomic E-state index is -3.07. The molecule has 1 aromatic rings. The molecule has 94 valence electrons. The number of sulfone groups is 1. The fourth-order valence-corrected chi connectivity index (χ4v) is 3.46. The molecule has 1 aromatic carbocycles. The molecule has 1 saturated heterocycles. The first-order chi connectivity index (χ1) is 7.87. The Morgan fingerprint density at radius 1 is 1.18 bits per heavy atom. The third-order valence-electron chi connectivity index (χ3n) is 2.59. The van der Waals surface area contributed by atoms with Crippen molar-refractivity contribution in [3.05, 3.63) is 29.6 Å². The Hall–Kier alpha value is -1.24. The minimum absolute atomic E-state index is 0.0449. The van der Waals surface area contributed by atoms with Gasteiger partial charge in [0.25, 0.3) is 0 Å². The number of halogens is 3. The van der Waals surface area contributed by atoms with Gasteiger partial charge in [-0.25, -0.2) is 21.6 Å². The van der Waals surface area contributed by atoms with Crippen LogP contribution < -0.4 is 5.32 Å². The second kappa shape index (κ2) is 4.21. The van der Waals surface area contributed by atoms with E-state index in [0.29, 0.717) is 6.42 Å². The lowest BCUT2D eigenvalue weighted by molar-refractivity contribution is 0.447. The summed E-state index contributed by atoms with van der Waals surface area (Å²) in [4.78, 5) is 0. The van der Waals surface area contributed by atoms with Crippen molar-refractivity contribution in [1.82, 2.24) is 0 Å². The zero-order valence-electron chi connectivity index (χ0n) is 8.71. The van der Waals surface area contributed by atoms with Crippen LogP contribution in [0.15, 0.2) is 12.1 Å². The highest BCUT2D eigenvalue weighted by atomic mass is 32.2. The Labute approximate surface area is 96.6 Å². The second-order valence-corrected chi connectivity index (χ2v) is 6.23. The van der Waals surface area contributed by atoms with Gasteiger partial charge in [0.15, 0.2) is 27.3 Å². The van der Waals surface area contributed by atoms with Crippen LogP contribution in [-0.4, -0.2) is 26.0 Å². The summed E-state index contributed by atoms with van der Waals surface area (Å²) < 4.78 is 60.8. The van der Waals surface area contributed by atoms with Crippen LogP contribution in [0.4, 0.5) is 18.9 Å². The van der Waals surface area contributed by atoms with Gasteiger partial charge in [-0.15, -0.1) is 0 Å². The Balaban J connectivity index is 2.15. The average Bonchev–Trinajstić information content (AvgIpc) is 2.54. The summed E-state index contributed by atoms with van der Waals surface area (Å²) in [6, 6.07) is 1.23. The predicted molar refractivity (Wildman–Crippen MR) is 57.0 cm³/mol. The van der Waals surface area contributed by atoms with Crippen LogP contribution in [0.2, 0.25) is 0 Å². The number of rotatable bonds is 2. The lowest BCUT2D eigenvalue weighted by Crippen LogP contribution is -2.20. The molecule has 1 aliphatic rings. The summed E-state index contributed by atoms with van der Waals surface area (Å²) in [5, 5.41) is 2.68. The van der Waals surface area contributed by atoms with Gasteiger partial charge in [-0.2, -0.15) is 0 Å². The Morgan fingerprint density at radius 2 is 1.76 bits per heavy atom. The molecule has 1 heterocycles. The summed E-state index contributed by atoms with van der Waals surface area (Å²) in [6.07, 6.45) is 0.378. The van der Waals surface area contributed by atoms with Crippen LogP contribution in [0.25, 0.3) is 0 Å². The van der Waals surface area contributed by atoms with Crippen molar-refractivity contribution in [2.24, 2.45) is 0 Å². The van der Waals surface area contributed by atoms with Crippen LogP contribution in [0.3, 0.4) is 0 Å². The van der Waals surface area contributed by atoms with E-state index in [0.717, 1.165) is 12.1 Å². The summed E-state index contributed by atoms with van der Waals surface area (Å²) in [7, 11) is -3.07. The summed E-state index contributed by atoms with van der Waals surface area (Å²) >= 11 is 0. The van der Waals surface area contributed by atoms with Gasteiger partial charge in [-0.05, 0) is 6.42 Å². The van der Waals surface area contributed by atoms with Crippen molar-refractivity contribution in [2.75, 3.05) is 16.8 Å². The molecule has 0 aliphatic carbocycles. The largest absolute Gasteiger partial charge is 0.381 e. The number of hydrogen-bond acceptors (Lipinski definition) is 3. The van der Waals surface area contributed by atoms with E-state index in [1.807, 2.05) is 0 Å². The van der Waals surface area contributed by atoms with Crippen LogP contribution in [0.5, 0.6) is 0 Å². The lowest BCUT2D eigenvalue weighted by Gasteiger charge is -2.12. The molecule has 3 nitrogen and oxygen atoms in total. The smallest absolute Gasteiger partial charge is 0.194 e. The Morgan fingerprint density at radius 3 is 2.24 bits per heavy atom. The first-order valence-corrected chi connectivity index (χ1v) is 6.81. The third kappa shape index (κ3) is 2.71. The molecule has 0 aromatic heterocycles. The minimum Gasteiger partial charge on any atom is -0.381 e. The van der Waals surface area contributed by atoms with E-state index in [1.165, 1.54) is 0 Å². The average molecular weight is 265 g/mol. The van der Waals surface area contributed by atoms with Gasteiger partial charge in [-0.1, -0.05) is 0 Å². The molecule has 2 rings (SSSR count). The number of hydrogen-bond donors (Lipinski definition) is 1. The van der Waals surface area contributed by atoms with Crippen LogP contribution in [-0.2, 0) is 9.84 Å². The Bertz CT molecular complexity index is 521. The molecule has 0 amide bonds. The van der Waals surface area contributed by atoms with E-state index in [1.54, 1.807) is 0 Å². The molecule has 0 radical (unpaired) electrons. The SMILES string of the molecule is O=S1(=O)CCC(Nc2cc(F)c(F)c(F)c2)C1. The zero-order chi connectivity index (χ0) is 12.6. The van der Waals surface area contributed by atoms with E-state index in [9.17, 15) is 21.6 Å². The van der Waals surface area contributed by atoms with E-state index in [4.69, 9.17) is 0 Å². The highest BCUT2D eigenvalue weighted by Crippen LogP contribution is 2.21.